The first-order valence-electron chi connectivity index (χ1n) is 5.94. The molecule has 1 aromatic rings. The lowest BCUT2D eigenvalue weighted by molar-refractivity contribution is 0.379. The van der Waals surface area contributed by atoms with E-state index in [-0.39, 0.29) is 0 Å². The molecular formula is C13H23BrN2. The summed E-state index contributed by atoms with van der Waals surface area (Å²) >= 11 is 3.77. The molecule has 0 bridgehead atoms. The van der Waals surface area contributed by atoms with Gasteiger partial charge in [0.15, 0.2) is 0 Å². The highest BCUT2D eigenvalue weighted by Gasteiger charge is 2.21. The van der Waals surface area contributed by atoms with Gasteiger partial charge in [-0.25, -0.2) is 0 Å². The van der Waals surface area contributed by atoms with E-state index < -0.39 is 0 Å². The number of halogens is 1. The quantitative estimate of drug-likeness (QED) is 0.769. The van der Waals surface area contributed by atoms with Gasteiger partial charge in [0.2, 0.25) is 0 Å². The maximum absolute atomic E-state index is 4.36. The highest BCUT2D eigenvalue weighted by Crippen LogP contribution is 2.29. The second kappa shape index (κ2) is 5.35. The Morgan fingerprint density at radius 3 is 2.50 bits per heavy atom. The Balaban J connectivity index is 2.39. The summed E-state index contributed by atoms with van der Waals surface area (Å²) in [5, 5.41) is 4.36. The van der Waals surface area contributed by atoms with E-state index in [0.717, 1.165) is 12.1 Å². The van der Waals surface area contributed by atoms with Crippen molar-refractivity contribution < 1.29 is 0 Å². The van der Waals surface area contributed by atoms with Gasteiger partial charge in [0.1, 0.15) is 0 Å². The predicted molar refractivity (Wildman–Crippen MR) is 73.1 cm³/mol. The lowest BCUT2D eigenvalue weighted by Gasteiger charge is -2.25. The fourth-order valence-corrected chi connectivity index (χ4v) is 2.12. The lowest BCUT2D eigenvalue weighted by atomic mass is 9.89. The lowest BCUT2D eigenvalue weighted by Crippen LogP contribution is -2.20. The molecule has 3 heteroatoms. The van der Waals surface area contributed by atoms with Crippen molar-refractivity contribution in [2.75, 3.05) is 0 Å². The van der Waals surface area contributed by atoms with Gasteiger partial charge in [-0.2, -0.15) is 5.10 Å². The fraction of sp³-hybridized carbons (Fsp3) is 0.769. The van der Waals surface area contributed by atoms with Crippen LogP contribution in [0, 0.1) is 12.3 Å². The first-order valence-corrected chi connectivity index (χ1v) is 6.86. The summed E-state index contributed by atoms with van der Waals surface area (Å²) in [6, 6.07) is 2.18. The topological polar surface area (TPSA) is 17.8 Å². The minimum absolute atomic E-state index is 0.350. The Morgan fingerprint density at radius 1 is 1.44 bits per heavy atom. The molecule has 0 fully saturated rings. The average Bonchev–Trinajstić information content (AvgIpc) is 2.43. The largest absolute Gasteiger partial charge is 0.272 e. The van der Waals surface area contributed by atoms with Crippen molar-refractivity contribution in [3.63, 3.8) is 0 Å². The smallest absolute Gasteiger partial charge is 0.0596 e. The monoisotopic (exact) mass is 286 g/mol. The van der Waals surface area contributed by atoms with Crippen LogP contribution >= 0.6 is 15.9 Å². The number of alkyl halides is 1. The van der Waals surface area contributed by atoms with Crippen LogP contribution in [0.4, 0.5) is 0 Å². The third kappa shape index (κ3) is 3.93. The van der Waals surface area contributed by atoms with Crippen LogP contribution in [0.5, 0.6) is 0 Å². The van der Waals surface area contributed by atoms with Gasteiger partial charge in [0, 0.05) is 17.6 Å². The van der Waals surface area contributed by atoms with Crippen molar-refractivity contribution in [3.8, 4) is 0 Å². The van der Waals surface area contributed by atoms with Crippen LogP contribution in [0.1, 0.15) is 45.0 Å². The van der Waals surface area contributed by atoms with Crippen molar-refractivity contribution in [2.45, 2.75) is 51.8 Å². The molecular weight excluding hydrogens is 264 g/mol. The van der Waals surface area contributed by atoms with Gasteiger partial charge in [0.05, 0.1) is 5.69 Å². The molecule has 0 aliphatic rings. The fourth-order valence-electron chi connectivity index (χ4n) is 1.79. The number of hydrogen-bond donors (Lipinski definition) is 0. The van der Waals surface area contributed by atoms with Crippen molar-refractivity contribution in [1.29, 1.82) is 0 Å². The summed E-state index contributed by atoms with van der Waals surface area (Å²) in [5.41, 5.74) is 2.80. The Kier molecular flexibility index (Phi) is 4.60. The van der Waals surface area contributed by atoms with Crippen LogP contribution in [0.15, 0.2) is 6.07 Å². The standard InChI is InChI=1S/C13H23BrN2/c1-10-9-11(16(5)15-10)7-6-8-12(14)13(2,3)4/h9,12H,6-8H2,1-5H3. The highest BCUT2D eigenvalue weighted by molar-refractivity contribution is 9.09. The summed E-state index contributed by atoms with van der Waals surface area (Å²) in [5.74, 6) is 0. The molecule has 16 heavy (non-hydrogen) atoms. The van der Waals surface area contributed by atoms with Crippen LogP contribution in [-0.2, 0) is 13.5 Å². The van der Waals surface area contributed by atoms with Crippen LogP contribution in [-0.4, -0.2) is 14.6 Å². The highest BCUT2D eigenvalue weighted by atomic mass is 79.9. The van der Waals surface area contributed by atoms with Gasteiger partial charge in [-0.15, -0.1) is 0 Å². The van der Waals surface area contributed by atoms with Gasteiger partial charge >= 0.3 is 0 Å². The van der Waals surface area contributed by atoms with E-state index in [1.165, 1.54) is 18.5 Å². The molecule has 0 radical (unpaired) electrons. The van der Waals surface area contributed by atoms with Gasteiger partial charge in [-0.1, -0.05) is 36.7 Å². The van der Waals surface area contributed by atoms with Crippen LogP contribution in [0.25, 0.3) is 0 Å². The van der Waals surface area contributed by atoms with Gasteiger partial charge in [-0.3, -0.25) is 4.68 Å². The molecule has 2 nitrogen and oxygen atoms in total. The summed E-state index contributed by atoms with van der Waals surface area (Å²) in [4.78, 5) is 0.592. The number of hydrogen-bond acceptors (Lipinski definition) is 1. The third-order valence-electron chi connectivity index (χ3n) is 2.93. The van der Waals surface area contributed by atoms with Crippen LogP contribution in [0.2, 0.25) is 0 Å². The number of nitrogens with zero attached hydrogens (tertiary/aromatic N) is 2. The van der Waals surface area contributed by atoms with Crippen molar-refractivity contribution in [1.82, 2.24) is 9.78 Å². The third-order valence-corrected chi connectivity index (χ3v) is 4.76. The van der Waals surface area contributed by atoms with Gasteiger partial charge in [-0.05, 0) is 37.7 Å². The second-order valence-electron chi connectivity index (χ2n) is 5.63. The Labute approximate surface area is 108 Å². The van der Waals surface area contributed by atoms with E-state index in [4.69, 9.17) is 0 Å². The normalized spacial score (nSPS) is 14.1. The zero-order valence-electron chi connectivity index (χ0n) is 11.0. The molecule has 92 valence electrons. The Bertz CT molecular complexity index is 336. The molecule has 0 aliphatic heterocycles. The van der Waals surface area contributed by atoms with E-state index in [1.807, 2.05) is 18.7 Å². The van der Waals surface area contributed by atoms with Gasteiger partial charge in [0.25, 0.3) is 0 Å². The van der Waals surface area contributed by atoms with Gasteiger partial charge < -0.3 is 0 Å². The zero-order chi connectivity index (χ0) is 12.3. The van der Waals surface area contributed by atoms with Crippen LogP contribution in [0.3, 0.4) is 0 Å². The predicted octanol–water partition coefficient (Wildman–Crippen LogP) is 3.86. The van der Waals surface area contributed by atoms with Crippen molar-refractivity contribution in [2.24, 2.45) is 12.5 Å². The molecule has 1 heterocycles. The van der Waals surface area contributed by atoms with Crippen molar-refractivity contribution in [3.05, 3.63) is 17.5 Å². The molecule has 0 N–H and O–H groups in total. The molecule has 1 rings (SSSR count). The first-order chi connectivity index (χ1) is 7.30. The maximum Gasteiger partial charge on any atom is 0.0596 e. The van der Waals surface area contributed by atoms with E-state index in [1.54, 1.807) is 0 Å². The molecule has 1 aromatic heterocycles. The SMILES string of the molecule is Cc1cc(CCCC(Br)C(C)(C)C)n(C)n1. The van der Waals surface area contributed by atoms with E-state index >= 15 is 0 Å². The number of rotatable bonds is 4. The Hall–Kier alpha value is -0.310. The van der Waals surface area contributed by atoms with Crippen molar-refractivity contribution >= 4 is 15.9 Å². The molecule has 1 atom stereocenters. The van der Waals surface area contributed by atoms with E-state index in [9.17, 15) is 0 Å². The Morgan fingerprint density at radius 2 is 2.06 bits per heavy atom. The summed E-state index contributed by atoms with van der Waals surface area (Å²) in [6.07, 6.45) is 3.55. The minimum Gasteiger partial charge on any atom is -0.272 e. The summed E-state index contributed by atoms with van der Waals surface area (Å²) < 4.78 is 2.00. The molecule has 0 amide bonds. The van der Waals surface area contributed by atoms with Crippen LogP contribution < -0.4 is 0 Å². The first kappa shape index (κ1) is 13.8. The maximum atomic E-state index is 4.36. The zero-order valence-corrected chi connectivity index (χ0v) is 12.6. The average molecular weight is 287 g/mol. The molecule has 0 aliphatic carbocycles. The number of aromatic nitrogens is 2. The molecule has 0 aromatic carbocycles. The van der Waals surface area contributed by atoms with E-state index in [0.29, 0.717) is 10.2 Å². The molecule has 0 saturated heterocycles. The summed E-state index contributed by atoms with van der Waals surface area (Å²) in [7, 11) is 2.03. The molecule has 0 saturated carbocycles. The summed E-state index contributed by atoms with van der Waals surface area (Å²) in [6.45, 7) is 8.88. The second-order valence-corrected chi connectivity index (χ2v) is 6.73. The molecule has 0 spiro atoms. The number of aryl methyl sites for hydroxylation is 3. The minimum atomic E-state index is 0.350. The molecule has 1 unspecified atom stereocenters. The van der Waals surface area contributed by atoms with E-state index in [2.05, 4.69) is 47.9 Å².